The molecule has 0 aromatic heterocycles. The Labute approximate surface area is 159 Å². The summed E-state index contributed by atoms with van der Waals surface area (Å²) in [5, 5.41) is 3.02. The van der Waals surface area contributed by atoms with Crippen molar-refractivity contribution in [3.8, 4) is 0 Å². The Kier molecular flexibility index (Phi) is 7.94. The number of carbonyl (C=O) groups is 2. The molecular formula is C19H32F3N3O2. The van der Waals surface area contributed by atoms with Crippen LogP contribution in [0.4, 0.5) is 13.2 Å². The first-order valence-corrected chi connectivity index (χ1v) is 10.1. The van der Waals surface area contributed by atoms with Crippen molar-refractivity contribution in [3.05, 3.63) is 0 Å². The van der Waals surface area contributed by atoms with Gasteiger partial charge in [0, 0.05) is 31.6 Å². The lowest BCUT2D eigenvalue weighted by Gasteiger charge is -2.36. The molecule has 8 heteroatoms. The quantitative estimate of drug-likeness (QED) is 0.758. The molecule has 2 heterocycles. The van der Waals surface area contributed by atoms with Crippen molar-refractivity contribution in [2.24, 2.45) is 11.8 Å². The third-order valence-electron chi connectivity index (χ3n) is 5.56. The van der Waals surface area contributed by atoms with Crippen LogP contribution in [0, 0.1) is 11.8 Å². The molecule has 1 atom stereocenters. The van der Waals surface area contributed by atoms with E-state index in [9.17, 15) is 22.8 Å². The van der Waals surface area contributed by atoms with Crippen molar-refractivity contribution >= 4 is 11.8 Å². The van der Waals surface area contributed by atoms with E-state index in [0.29, 0.717) is 18.5 Å². The molecular weight excluding hydrogens is 359 g/mol. The van der Waals surface area contributed by atoms with Gasteiger partial charge in [0.15, 0.2) is 0 Å². The minimum Gasteiger partial charge on any atom is -0.354 e. The molecule has 2 amide bonds. The molecule has 0 aromatic rings. The average molecular weight is 391 g/mol. The molecule has 5 nitrogen and oxygen atoms in total. The zero-order valence-corrected chi connectivity index (χ0v) is 16.4. The third kappa shape index (κ3) is 6.66. The highest BCUT2D eigenvalue weighted by Gasteiger charge is 2.43. The van der Waals surface area contributed by atoms with Crippen LogP contribution in [0.2, 0.25) is 0 Å². The Morgan fingerprint density at radius 2 is 1.63 bits per heavy atom. The molecule has 0 aromatic carbocycles. The lowest BCUT2D eigenvalue weighted by atomic mass is 9.95. The van der Waals surface area contributed by atoms with Gasteiger partial charge < -0.3 is 10.2 Å². The number of piperidine rings is 2. The molecule has 2 aliphatic heterocycles. The lowest BCUT2D eigenvalue weighted by molar-refractivity contribution is -0.186. The second-order valence-corrected chi connectivity index (χ2v) is 8.19. The molecule has 1 unspecified atom stereocenters. The molecule has 2 fully saturated rings. The minimum absolute atomic E-state index is 0.0159. The van der Waals surface area contributed by atoms with Crippen LogP contribution in [0.15, 0.2) is 0 Å². The van der Waals surface area contributed by atoms with Crippen molar-refractivity contribution in [1.82, 2.24) is 15.1 Å². The van der Waals surface area contributed by atoms with Crippen LogP contribution in [0.3, 0.4) is 0 Å². The highest BCUT2D eigenvalue weighted by Crippen LogP contribution is 2.24. The Morgan fingerprint density at radius 3 is 2.15 bits per heavy atom. The summed E-state index contributed by atoms with van der Waals surface area (Å²) in [6.07, 6.45) is 0.375. The zero-order chi connectivity index (χ0) is 20.0. The van der Waals surface area contributed by atoms with E-state index >= 15 is 0 Å². The number of carbonyl (C=O) groups excluding carboxylic acids is 2. The summed E-state index contributed by atoms with van der Waals surface area (Å²) in [4.78, 5) is 27.0. The summed E-state index contributed by atoms with van der Waals surface area (Å²) in [7, 11) is 0. The average Bonchev–Trinajstić information content (AvgIpc) is 2.64. The normalized spacial score (nSPS) is 21.3. The van der Waals surface area contributed by atoms with Crippen molar-refractivity contribution in [3.63, 3.8) is 0 Å². The molecule has 156 valence electrons. The number of nitrogens with zero attached hydrogens (tertiary/aromatic N) is 2. The number of rotatable bonds is 6. The molecule has 1 N–H and O–H groups in total. The van der Waals surface area contributed by atoms with Crippen LogP contribution in [-0.2, 0) is 9.59 Å². The first-order chi connectivity index (χ1) is 12.7. The Bertz CT molecular complexity index is 497. The van der Waals surface area contributed by atoms with Gasteiger partial charge in [0.05, 0.1) is 0 Å². The number of amides is 2. The number of hydrogen-bond acceptors (Lipinski definition) is 3. The Hall–Kier alpha value is -1.31. The standard InChI is InChI=1S/C19H32F3N3O2/c1-14(2)12-16(24-8-4-3-5-9-24)13-23-17(26)15-6-10-25(11-7-15)18(27)19(20,21)22/h14-16H,3-13H2,1-2H3,(H,23,26). The van der Waals surface area contributed by atoms with E-state index in [2.05, 4.69) is 24.1 Å². The molecule has 0 radical (unpaired) electrons. The van der Waals surface area contributed by atoms with Gasteiger partial charge in [-0.2, -0.15) is 13.2 Å². The summed E-state index contributed by atoms with van der Waals surface area (Å²) in [6, 6.07) is 0.307. The number of likely N-dealkylation sites (tertiary alicyclic amines) is 2. The predicted molar refractivity (Wildman–Crippen MR) is 97.0 cm³/mol. The summed E-state index contributed by atoms with van der Waals surface area (Å²) < 4.78 is 37.5. The molecule has 2 saturated heterocycles. The smallest absolute Gasteiger partial charge is 0.354 e. The van der Waals surface area contributed by atoms with Crippen LogP contribution in [0.25, 0.3) is 0 Å². The zero-order valence-electron chi connectivity index (χ0n) is 16.4. The van der Waals surface area contributed by atoms with Gasteiger partial charge >= 0.3 is 12.1 Å². The van der Waals surface area contributed by atoms with Crippen molar-refractivity contribution < 1.29 is 22.8 Å². The van der Waals surface area contributed by atoms with Gasteiger partial charge in [0.1, 0.15) is 0 Å². The van der Waals surface area contributed by atoms with Crippen LogP contribution >= 0.6 is 0 Å². The molecule has 27 heavy (non-hydrogen) atoms. The van der Waals surface area contributed by atoms with Gasteiger partial charge in [-0.1, -0.05) is 20.3 Å². The topological polar surface area (TPSA) is 52.7 Å². The second-order valence-electron chi connectivity index (χ2n) is 8.19. The fourth-order valence-electron chi connectivity index (χ4n) is 4.08. The van der Waals surface area contributed by atoms with Crippen LogP contribution in [0.5, 0.6) is 0 Å². The fraction of sp³-hybridized carbons (Fsp3) is 0.895. The third-order valence-corrected chi connectivity index (χ3v) is 5.56. The van der Waals surface area contributed by atoms with E-state index in [1.54, 1.807) is 0 Å². The predicted octanol–water partition coefficient (Wildman–Crippen LogP) is 2.80. The molecule has 0 aliphatic carbocycles. The SMILES string of the molecule is CC(C)CC(CNC(=O)C1CCN(C(=O)C(F)(F)F)CC1)N1CCCCC1. The van der Waals surface area contributed by atoms with Crippen molar-refractivity contribution in [2.45, 2.75) is 64.6 Å². The fourth-order valence-corrected chi connectivity index (χ4v) is 4.08. The largest absolute Gasteiger partial charge is 0.471 e. The van der Waals surface area contributed by atoms with Crippen LogP contribution < -0.4 is 5.32 Å². The summed E-state index contributed by atoms with van der Waals surface area (Å²) in [5.41, 5.74) is 0. The first kappa shape index (κ1) is 22.0. The van der Waals surface area contributed by atoms with E-state index in [1.807, 2.05) is 0 Å². The van der Waals surface area contributed by atoms with Crippen LogP contribution in [-0.4, -0.2) is 66.6 Å². The van der Waals surface area contributed by atoms with Gasteiger partial charge in [-0.15, -0.1) is 0 Å². The van der Waals surface area contributed by atoms with Gasteiger partial charge in [0.2, 0.25) is 5.91 Å². The number of nitrogens with one attached hydrogen (secondary N) is 1. The maximum Gasteiger partial charge on any atom is 0.471 e. The summed E-state index contributed by atoms with van der Waals surface area (Å²) >= 11 is 0. The minimum atomic E-state index is -4.84. The number of halogens is 3. The first-order valence-electron chi connectivity index (χ1n) is 10.1. The second kappa shape index (κ2) is 9.75. The lowest BCUT2D eigenvalue weighted by Crippen LogP contribution is -2.50. The molecule has 2 aliphatic rings. The summed E-state index contributed by atoms with van der Waals surface area (Å²) in [5.74, 6) is -1.68. The maximum absolute atomic E-state index is 12.5. The van der Waals surface area contributed by atoms with E-state index in [1.165, 1.54) is 19.3 Å². The van der Waals surface area contributed by atoms with Crippen molar-refractivity contribution in [2.75, 3.05) is 32.7 Å². The van der Waals surface area contributed by atoms with E-state index in [4.69, 9.17) is 0 Å². The number of alkyl halides is 3. The van der Waals surface area contributed by atoms with Gasteiger partial charge in [-0.3, -0.25) is 14.5 Å². The maximum atomic E-state index is 12.5. The van der Waals surface area contributed by atoms with Crippen LogP contribution in [0.1, 0.15) is 52.4 Å². The Balaban J connectivity index is 1.81. The van der Waals surface area contributed by atoms with Crippen molar-refractivity contribution in [1.29, 1.82) is 0 Å². The highest BCUT2D eigenvalue weighted by atomic mass is 19.4. The highest BCUT2D eigenvalue weighted by molar-refractivity contribution is 5.83. The number of hydrogen-bond donors (Lipinski definition) is 1. The summed E-state index contributed by atoms with van der Waals surface area (Å²) in [6.45, 7) is 7.02. The van der Waals surface area contributed by atoms with E-state index in [0.717, 1.165) is 24.4 Å². The molecule has 0 spiro atoms. The Morgan fingerprint density at radius 1 is 1.04 bits per heavy atom. The van der Waals surface area contributed by atoms with E-state index in [-0.39, 0.29) is 37.8 Å². The van der Waals surface area contributed by atoms with Gasteiger partial charge in [-0.25, -0.2) is 0 Å². The van der Waals surface area contributed by atoms with Gasteiger partial charge in [-0.05, 0) is 51.1 Å². The monoisotopic (exact) mass is 391 g/mol. The van der Waals surface area contributed by atoms with Gasteiger partial charge in [0.25, 0.3) is 0 Å². The van der Waals surface area contributed by atoms with E-state index < -0.39 is 12.1 Å². The molecule has 2 rings (SSSR count). The molecule has 0 saturated carbocycles. The molecule has 0 bridgehead atoms.